The van der Waals surface area contributed by atoms with Gasteiger partial charge < -0.3 is 20.3 Å². The lowest BCUT2D eigenvalue weighted by Gasteiger charge is -2.33. The normalized spacial score (nSPS) is 24.4. The predicted molar refractivity (Wildman–Crippen MR) is 110 cm³/mol. The van der Waals surface area contributed by atoms with Crippen LogP contribution in [0.3, 0.4) is 0 Å². The minimum Gasteiger partial charge on any atom is -0.444 e. The van der Waals surface area contributed by atoms with Crippen LogP contribution in [0.5, 0.6) is 0 Å². The highest BCUT2D eigenvalue weighted by molar-refractivity contribution is 7.91. The number of likely N-dealkylation sites (N-methyl/N-ethyl adjacent to an activating group) is 1. The van der Waals surface area contributed by atoms with Crippen LogP contribution in [0.2, 0.25) is 0 Å². The molecular formula is C18H28N4O5S2. The molecule has 2 aliphatic heterocycles. The second-order valence-corrected chi connectivity index (χ2v) is 11.9. The molecule has 9 nitrogen and oxygen atoms in total. The Kier molecular flexibility index (Phi) is 6.21. The number of nitrogens with zero attached hydrogens (tertiary/aromatic N) is 2. The van der Waals surface area contributed by atoms with Crippen LogP contribution in [0.25, 0.3) is 0 Å². The number of thiazole rings is 1. The molecule has 3 rings (SSSR count). The van der Waals surface area contributed by atoms with Crippen molar-refractivity contribution < 1.29 is 22.7 Å². The van der Waals surface area contributed by atoms with E-state index in [9.17, 15) is 18.0 Å². The van der Waals surface area contributed by atoms with E-state index in [0.717, 1.165) is 30.1 Å². The molecule has 11 heteroatoms. The summed E-state index contributed by atoms with van der Waals surface area (Å²) in [6.07, 6.45) is 0.371. The van der Waals surface area contributed by atoms with Gasteiger partial charge in [0.1, 0.15) is 5.60 Å². The van der Waals surface area contributed by atoms with Crippen LogP contribution in [0, 0.1) is 0 Å². The molecule has 1 aromatic heterocycles. The molecule has 0 saturated carbocycles. The molecule has 1 saturated heterocycles. The van der Waals surface area contributed by atoms with E-state index in [1.165, 1.54) is 11.3 Å². The Bertz CT molecular complexity index is 891. The van der Waals surface area contributed by atoms with Gasteiger partial charge in [0, 0.05) is 24.4 Å². The molecule has 1 fully saturated rings. The molecule has 0 aliphatic carbocycles. The maximum atomic E-state index is 12.8. The Morgan fingerprint density at radius 3 is 2.66 bits per heavy atom. The number of nitrogens with one attached hydrogen (secondary N) is 2. The third-order valence-electron chi connectivity index (χ3n) is 4.79. The van der Waals surface area contributed by atoms with E-state index in [4.69, 9.17) is 4.74 Å². The molecule has 2 N–H and O–H groups in total. The van der Waals surface area contributed by atoms with Crippen LogP contribution in [0.15, 0.2) is 0 Å². The average Bonchev–Trinajstić information content (AvgIpc) is 2.98. The number of hydrogen-bond acceptors (Lipinski definition) is 8. The predicted octanol–water partition coefficient (Wildman–Crippen LogP) is 0.941. The highest BCUT2D eigenvalue weighted by Gasteiger charge is 2.36. The van der Waals surface area contributed by atoms with E-state index >= 15 is 0 Å². The lowest BCUT2D eigenvalue weighted by Crippen LogP contribution is -2.58. The number of fused-ring (bicyclic) bond motifs is 1. The Labute approximate surface area is 175 Å². The fourth-order valence-corrected chi connectivity index (χ4v) is 6.14. The number of aromatic nitrogens is 1. The Morgan fingerprint density at radius 2 is 1.97 bits per heavy atom. The minimum atomic E-state index is -3.30. The zero-order chi connectivity index (χ0) is 21.4. The van der Waals surface area contributed by atoms with E-state index in [-0.39, 0.29) is 17.9 Å². The SMILES string of the molecule is CN1CCc2nc(C(=O)NC3CS(=O)(=O)CCC3NC(=O)OC(C)(C)C)sc2C1. The van der Waals surface area contributed by atoms with Crippen LogP contribution in [0.1, 0.15) is 47.6 Å². The molecule has 1 aromatic rings. The first-order chi connectivity index (χ1) is 13.4. The third kappa shape index (κ3) is 5.89. The summed E-state index contributed by atoms with van der Waals surface area (Å²) in [5, 5.41) is 5.81. The summed E-state index contributed by atoms with van der Waals surface area (Å²) in [6.45, 7) is 6.89. The van der Waals surface area contributed by atoms with Crippen LogP contribution < -0.4 is 10.6 Å². The van der Waals surface area contributed by atoms with Crippen molar-refractivity contribution in [2.24, 2.45) is 0 Å². The summed E-state index contributed by atoms with van der Waals surface area (Å²) >= 11 is 1.33. The summed E-state index contributed by atoms with van der Waals surface area (Å²) in [5.74, 6) is -0.685. The maximum Gasteiger partial charge on any atom is 0.407 e. The van der Waals surface area contributed by atoms with Gasteiger partial charge >= 0.3 is 6.09 Å². The number of carbonyl (C=O) groups is 2. The summed E-state index contributed by atoms with van der Waals surface area (Å²) < 4.78 is 29.5. The van der Waals surface area contributed by atoms with Gasteiger partial charge in [-0.2, -0.15) is 0 Å². The standard InChI is InChI=1S/C18H28N4O5S2/c1-18(2,3)27-17(24)21-11-6-8-29(25,26)10-13(11)19-15(23)16-20-12-5-7-22(4)9-14(12)28-16/h11,13H,5-10H2,1-4H3,(H,19,23)(H,21,24). The van der Waals surface area contributed by atoms with Crippen molar-refractivity contribution in [2.75, 3.05) is 25.1 Å². The van der Waals surface area contributed by atoms with Crippen molar-refractivity contribution in [3.63, 3.8) is 0 Å². The topological polar surface area (TPSA) is 118 Å². The van der Waals surface area contributed by atoms with Crippen LogP contribution in [-0.4, -0.2) is 73.1 Å². The molecule has 3 heterocycles. The minimum absolute atomic E-state index is 0.0439. The van der Waals surface area contributed by atoms with Crippen molar-refractivity contribution in [3.05, 3.63) is 15.6 Å². The zero-order valence-corrected chi connectivity index (χ0v) is 18.8. The number of hydrogen-bond donors (Lipinski definition) is 2. The lowest BCUT2D eigenvalue weighted by molar-refractivity contribution is 0.0488. The van der Waals surface area contributed by atoms with Crippen LogP contribution >= 0.6 is 11.3 Å². The first-order valence-corrected chi connectivity index (χ1v) is 12.2. The van der Waals surface area contributed by atoms with Crippen molar-refractivity contribution in [2.45, 2.75) is 57.8 Å². The molecule has 0 spiro atoms. The van der Waals surface area contributed by atoms with Gasteiger partial charge in [0.2, 0.25) is 0 Å². The molecule has 0 aromatic carbocycles. The molecular weight excluding hydrogens is 416 g/mol. The zero-order valence-electron chi connectivity index (χ0n) is 17.1. The van der Waals surface area contributed by atoms with Gasteiger partial charge in [-0.25, -0.2) is 18.2 Å². The second-order valence-electron chi connectivity index (χ2n) is 8.61. The van der Waals surface area contributed by atoms with Gasteiger partial charge in [-0.1, -0.05) is 0 Å². The van der Waals surface area contributed by atoms with Gasteiger partial charge in [0.05, 0.1) is 29.3 Å². The van der Waals surface area contributed by atoms with E-state index in [0.29, 0.717) is 5.01 Å². The van der Waals surface area contributed by atoms with Crippen LogP contribution in [0.4, 0.5) is 4.79 Å². The molecule has 162 valence electrons. The molecule has 2 atom stereocenters. The first kappa shape index (κ1) is 22.0. The second kappa shape index (κ2) is 8.19. The first-order valence-electron chi connectivity index (χ1n) is 9.60. The van der Waals surface area contributed by atoms with Crippen molar-refractivity contribution in [1.29, 1.82) is 0 Å². The lowest BCUT2D eigenvalue weighted by atomic mass is 10.1. The quantitative estimate of drug-likeness (QED) is 0.712. The summed E-state index contributed by atoms with van der Waals surface area (Å²) in [4.78, 5) is 32.6. The van der Waals surface area contributed by atoms with Gasteiger partial charge in [0.15, 0.2) is 14.8 Å². The van der Waals surface area contributed by atoms with E-state index in [1.807, 2.05) is 7.05 Å². The van der Waals surface area contributed by atoms with Crippen molar-refractivity contribution >= 4 is 33.2 Å². The number of ether oxygens (including phenoxy) is 1. The van der Waals surface area contributed by atoms with Crippen molar-refractivity contribution in [3.8, 4) is 0 Å². The van der Waals surface area contributed by atoms with Gasteiger partial charge in [-0.3, -0.25) is 4.79 Å². The number of alkyl carbamates (subject to hydrolysis) is 1. The maximum absolute atomic E-state index is 12.8. The summed E-state index contributed by atoms with van der Waals surface area (Å²) in [5.41, 5.74) is 0.259. The Morgan fingerprint density at radius 1 is 1.24 bits per heavy atom. The molecule has 2 amide bonds. The smallest absolute Gasteiger partial charge is 0.407 e. The van der Waals surface area contributed by atoms with E-state index in [1.54, 1.807) is 20.8 Å². The number of amides is 2. The third-order valence-corrected chi connectivity index (χ3v) is 7.60. The monoisotopic (exact) mass is 444 g/mol. The Balaban J connectivity index is 1.71. The molecule has 2 unspecified atom stereocenters. The van der Waals surface area contributed by atoms with Crippen molar-refractivity contribution in [1.82, 2.24) is 20.5 Å². The number of sulfone groups is 1. The highest BCUT2D eigenvalue weighted by atomic mass is 32.2. The van der Waals surface area contributed by atoms with Gasteiger partial charge in [-0.15, -0.1) is 11.3 Å². The van der Waals surface area contributed by atoms with Gasteiger partial charge in [0.25, 0.3) is 5.91 Å². The van der Waals surface area contributed by atoms with Gasteiger partial charge in [-0.05, 0) is 34.2 Å². The largest absolute Gasteiger partial charge is 0.444 e. The molecule has 0 radical (unpaired) electrons. The highest BCUT2D eigenvalue weighted by Crippen LogP contribution is 2.25. The summed E-state index contributed by atoms with van der Waals surface area (Å²) in [7, 11) is -1.29. The fraction of sp³-hybridized carbons (Fsp3) is 0.722. The molecule has 29 heavy (non-hydrogen) atoms. The number of rotatable bonds is 3. The molecule has 2 aliphatic rings. The van der Waals surface area contributed by atoms with Crippen LogP contribution in [-0.2, 0) is 27.5 Å². The fourth-order valence-electron chi connectivity index (χ4n) is 3.41. The van der Waals surface area contributed by atoms with E-state index in [2.05, 4.69) is 20.5 Å². The average molecular weight is 445 g/mol. The van der Waals surface area contributed by atoms with E-state index < -0.39 is 39.5 Å². The molecule has 0 bridgehead atoms. The Hall–Kier alpha value is -1.72. The summed E-state index contributed by atoms with van der Waals surface area (Å²) in [6, 6.07) is -1.27. The number of carbonyl (C=O) groups excluding carboxylic acids is 2.